The first kappa shape index (κ1) is 18.3. The summed E-state index contributed by atoms with van der Waals surface area (Å²) in [6.45, 7) is 3.67. The Morgan fingerprint density at radius 3 is 2.40 bits per heavy atom. The van der Waals surface area contributed by atoms with Crippen LogP contribution in [0.1, 0.15) is 22.8 Å². The van der Waals surface area contributed by atoms with Crippen LogP contribution in [0.4, 0.5) is 4.39 Å². The van der Waals surface area contributed by atoms with Crippen molar-refractivity contribution < 1.29 is 23.5 Å². The molecule has 2 amide bonds. The second-order valence-electron chi connectivity index (χ2n) is 5.13. The molecular formula is C18H19FN2O4. The smallest absolute Gasteiger partial charge is 0.276 e. The molecule has 6 nitrogen and oxygen atoms in total. The van der Waals surface area contributed by atoms with Crippen molar-refractivity contribution in [3.8, 4) is 11.5 Å². The van der Waals surface area contributed by atoms with E-state index >= 15 is 0 Å². The molecule has 0 spiro atoms. The molecule has 7 heteroatoms. The van der Waals surface area contributed by atoms with Crippen molar-refractivity contribution >= 4 is 11.8 Å². The Bertz CT molecular complexity index is 764. The highest BCUT2D eigenvalue weighted by Gasteiger charge is 2.12. The quantitative estimate of drug-likeness (QED) is 0.788. The summed E-state index contributed by atoms with van der Waals surface area (Å²) in [5.41, 5.74) is 5.18. The maximum absolute atomic E-state index is 13.2. The van der Waals surface area contributed by atoms with Crippen LogP contribution >= 0.6 is 0 Å². The summed E-state index contributed by atoms with van der Waals surface area (Å²) >= 11 is 0. The van der Waals surface area contributed by atoms with Crippen LogP contribution in [-0.4, -0.2) is 25.0 Å². The van der Waals surface area contributed by atoms with Crippen LogP contribution in [0.3, 0.4) is 0 Å². The number of halogens is 1. The predicted molar refractivity (Wildman–Crippen MR) is 89.9 cm³/mol. The van der Waals surface area contributed by atoms with Gasteiger partial charge in [0.2, 0.25) is 0 Å². The van der Waals surface area contributed by atoms with E-state index in [-0.39, 0.29) is 12.2 Å². The number of benzene rings is 2. The molecule has 0 aliphatic carbocycles. The van der Waals surface area contributed by atoms with E-state index in [4.69, 9.17) is 9.47 Å². The van der Waals surface area contributed by atoms with Crippen molar-refractivity contribution in [2.45, 2.75) is 13.8 Å². The molecule has 0 unspecified atom stereocenters. The Morgan fingerprint density at radius 1 is 1.04 bits per heavy atom. The number of nitrogens with one attached hydrogen (secondary N) is 2. The predicted octanol–water partition coefficient (Wildman–Crippen LogP) is 2.37. The second-order valence-corrected chi connectivity index (χ2v) is 5.13. The summed E-state index contributed by atoms with van der Waals surface area (Å²) in [7, 11) is 0. The zero-order valence-electron chi connectivity index (χ0n) is 14.0. The van der Waals surface area contributed by atoms with Crippen molar-refractivity contribution in [2.24, 2.45) is 0 Å². The number of amides is 2. The van der Waals surface area contributed by atoms with Gasteiger partial charge in [-0.15, -0.1) is 0 Å². The lowest BCUT2D eigenvalue weighted by Gasteiger charge is -2.12. The molecule has 2 rings (SSSR count). The standard InChI is InChI=1S/C18H19FN2O4/c1-3-24-15-6-4-5-7-16(15)25-11-17(22)20-21-18(23)14-10-13(19)9-8-12(14)2/h4-10H,3,11H2,1-2H3,(H,20,22)(H,21,23). The van der Waals surface area contributed by atoms with Gasteiger partial charge in [0.15, 0.2) is 18.1 Å². The van der Waals surface area contributed by atoms with Crippen molar-refractivity contribution in [1.29, 1.82) is 0 Å². The van der Waals surface area contributed by atoms with E-state index in [1.165, 1.54) is 12.1 Å². The van der Waals surface area contributed by atoms with Crippen molar-refractivity contribution in [2.75, 3.05) is 13.2 Å². The molecule has 0 aliphatic heterocycles. The third-order valence-electron chi connectivity index (χ3n) is 3.27. The molecule has 0 saturated carbocycles. The van der Waals surface area contributed by atoms with E-state index in [1.807, 2.05) is 6.92 Å². The van der Waals surface area contributed by atoms with E-state index in [2.05, 4.69) is 10.9 Å². The first-order chi connectivity index (χ1) is 12.0. The normalized spacial score (nSPS) is 10.0. The fourth-order valence-corrected chi connectivity index (χ4v) is 2.06. The monoisotopic (exact) mass is 346 g/mol. The molecule has 0 atom stereocenters. The molecule has 0 aliphatic rings. The lowest BCUT2D eigenvalue weighted by molar-refractivity contribution is -0.123. The maximum atomic E-state index is 13.2. The molecule has 0 bridgehead atoms. The highest BCUT2D eigenvalue weighted by atomic mass is 19.1. The van der Waals surface area contributed by atoms with Gasteiger partial charge in [0.05, 0.1) is 6.61 Å². The topological polar surface area (TPSA) is 76.7 Å². The van der Waals surface area contributed by atoms with Gasteiger partial charge in [-0.1, -0.05) is 18.2 Å². The van der Waals surface area contributed by atoms with Crippen LogP contribution in [0.5, 0.6) is 11.5 Å². The number of carbonyl (C=O) groups excluding carboxylic acids is 2. The molecule has 2 N–H and O–H groups in total. The Hall–Kier alpha value is -3.09. The summed E-state index contributed by atoms with van der Waals surface area (Å²) in [6, 6.07) is 10.8. The molecule has 2 aromatic rings. The Kier molecular flexibility index (Phi) is 6.33. The Balaban J connectivity index is 1.87. The molecule has 0 radical (unpaired) electrons. The minimum absolute atomic E-state index is 0.142. The fraction of sp³-hybridized carbons (Fsp3) is 0.222. The number of para-hydroxylation sites is 2. The van der Waals surface area contributed by atoms with Crippen LogP contribution in [0.2, 0.25) is 0 Å². The van der Waals surface area contributed by atoms with Gasteiger partial charge >= 0.3 is 0 Å². The van der Waals surface area contributed by atoms with Gasteiger partial charge < -0.3 is 9.47 Å². The molecule has 25 heavy (non-hydrogen) atoms. The highest BCUT2D eigenvalue weighted by molar-refractivity contribution is 5.96. The lowest BCUT2D eigenvalue weighted by atomic mass is 10.1. The fourth-order valence-electron chi connectivity index (χ4n) is 2.06. The number of carbonyl (C=O) groups is 2. The van der Waals surface area contributed by atoms with Crippen molar-refractivity contribution in [3.05, 3.63) is 59.4 Å². The molecular weight excluding hydrogens is 327 g/mol. The van der Waals surface area contributed by atoms with Gasteiger partial charge in [0.1, 0.15) is 5.82 Å². The molecule has 132 valence electrons. The van der Waals surface area contributed by atoms with Crippen LogP contribution in [0.25, 0.3) is 0 Å². The van der Waals surface area contributed by atoms with Crippen molar-refractivity contribution in [1.82, 2.24) is 10.9 Å². The third-order valence-corrected chi connectivity index (χ3v) is 3.27. The summed E-state index contributed by atoms with van der Waals surface area (Å²) in [6.07, 6.45) is 0. The Morgan fingerprint density at radius 2 is 1.72 bits per heavy atom. The zero-order chi connectivity index (χ0) is 18.2. The van der Waals surface area contributed by atoms with Gasteiger partial charge in [-0.2, -0.15) is 0 Å². The van der Waals surface area contributed by atoms with Gasteiger partial charge in [-0.3, -0.25) is 20.4 Å². The van der Waals surface area contributed by atoms with E-state index in [1.54, 1.807) is 31.2 Å². The maximum Gasteiger partial charge on any atom is 0.276 e. The largest absolute Gasteiger partial charge is 0.490 e. The molecule has 0 saturated heterocycles. The summed E-state index contributed by atoms with van der Waals surface area (Å²) < 4.78 is 24.0. The minimum Gasteiger partial charge on any atom is -0.490 e. The highest BCUT2D eigenvalue weighted by Crippen LogP contribution is 2.26. The molecule has 0 aromatic heterocycles. The van der Waals surface area contributed by atoms with Crippen molar-refractivity contribution in [3.63, 3.8) is 0 Å². The summed E-state index contributed by atoms with van der Waals surface area (Å²) in [5.74, 6) is -0.754. The van der Waals surface area contributed by atoms with Crippen LogP contribution < -0.4 is 20.3 Å². The molecule has 2 aromatic carbocycles. The van der Waals surface area contributed by atoms with E-state index in [0.29, 0.717) is 23.7 Å². The lowest BCUT2D eigenvalue weighted by Crippen LogP contribution is -2.44. The number of aryl methyl sites for hydroxylation is 1. The van der Waals surface area contributed by atoms with Crippen LogP contribution in [0, 0.1) is 12.7 Å². The second kappa shape index (κ2) is 8.68. The van der Waals surface area contributed by atoms with E-state index in [9.17, 15) is 14.0 Å². The Labute approximate surface area is 144 Å². The minimum atomic E-state index is -0.611. The van der Waals surface area contributed by atoms with Gasteiger partial charge in [-0.25, -0.2) is 4.39 Å². The SMILES string of the molecule is CCOc1ccccc1OCC(=O)NNC(=O)c1cc(F)ccc1C. The first-order valence-corrected chi connectivity index (χ1v) is 7.71. The van der Waals surface area contributed by atoms with Gasteiger partial charge in [0.25, 0.3) is 11.8 Å². The first-order valence-electron chi connectivity index (χ1n) is 7.71. The van der Waals surface area contributed by atoms with Gasteiger partial charge in [0, 0.05) is 5.56 Å². The number of hydrogen-bond acceptors (Lipinski definition) is 4. The summed E-state index contributed by atoms with van der Waals surface area (Å²) in [5, 5.41) is 0. The van der Waals surface area contributed by atoms with Gasteiger partial charge in [-0.05, 0) is 43.7 Å². The average molecular weight is 346 g/mol. The van der Waals surface area contributed by atoms with E-state index < -0.39 is 17.6 Å². The average Bonchev–Trinajstić information content (AvgIpc) is 2.61. The van der Waals surface area contributed by atoms with Crippen LogP contribution in [0.15, 0.2) is 42.5 Å². The number of ether oxygens (including phenoxy) is 2. The van der Waals surface area contributed by atoms with E-state index in [0.717, 1.165) is 6.07 Å². The summed E-state index contributed by atoms with van der Waals surface area (Å²) in [4.78, 5) is 23.8. The number of hydrazine groups is 1. The number of hydrogen-bond donors (Lipinski definition) is 2. The molecule has 0 heterocycles. The zero-order valence-corrected chi connectivity index (χ0v) is 14.0. The third kappa shape index (κ3) is 5.20. The number of rotatable bonds is 6. The van der Waals surface area contributed by atoms with Crippen LogP contribution in [-0.2, 0) is 4.79 Å². The molecule has 0 fully saturated rings.